The van der Waals surface area contributed by atoms with Crippen LogP contribution in [0.4, 0.5) is 5.69 Å². The van der Waals surface area contributed by atoms with Gasteiger partial charge in [0.1, 0.15) is 0 Å². The fourth-order valence-corrected chi connectivity index (χ4v) is 5.98. The standard InChI is InChI=1S/C21H28BrN3O2S/c22-17-5-3-6-18(12-17)25-13-16(11-20(25)26)21(27)24-9-4-10-28-15-19(24)14-23-7-1-2-8-23/h3,5-6,12,16,19H,1-2,4,7-11,13-15H2. The molecule has 0 aliphatic carbocycles. The summed E-state index contributed by atoms with van der Waals surface area (Å²) in [7, 11) is 0. The fraction of sp³-hybridized carbons (Fsp3) is 0.619. The zero-order chi connectivity index (χ0) is 19.5. The van der Waals surface area contributed by atoms with Gasteiger partial charge in [-0.3, -0.25) is 9.59 Å². The lowest BCUT2D eigenvalue weighted by molar-refractivity contribution is -0.138. The lowest BCUT2D eigenvalue weighted by atomic mass is 10.1. The number of anilines is 1. The second kappa shape index (κ2) is 9.18. The van der Waals surface area contributed by atoms with Crippen molar-refractivity contribution in [3.8, 4) is 0 Å². The van der Waals surface area contributed by atoms with Crippen molar-refractivity contribution in [3.05, 3.63) is 28.7 Å². The van der Waals surface area contributed by atoms with Gasteiger partial charge in [-0.05, 0) is 56.3 Å². The van der Waals surface area contributed by atoms with Crippen molar-refractivity contribution in [1.82, 2.24) is 9.80 Å². The summed E-state index contributed by atoms with van der Waals surface area (Å²) in [6, 6.07) is 8.04. The minimum atomic E-state index is -0.226. The first kappa shape index (κ1) is 20.2. The van der Waals surface area contributed by atoms with Crippen LogP contribution in [0.2, 0.25) is 0 Å². The quantitative estimate of drug-likeness (QED) is 0.684. The highest BCUT2D eigenvalue weighted by Crippen LogP contribution is 2.30. The maximum Gasteiger partial charge on any atom is 0.228 e. The normalized spacial score (nSPS) is 26.7. The second-order valence-electron chi connectivity index (χ2n) is 8.01. The number of amides is 2. The van der Waals surface area contributed by atoms with Crippen LogP contribution in [0.25, 0.3) is 0 Å². The maximum absolute atomic E-state index is 13.4. The van der Waals surface area contributed by atoms with Crippen molar-refractivity contribution < 1.29 is 9.59 Å². The minimum absolute atomic E-state index is 0.0525. The summed E-state index contributed by atoms with van der Waals surface area (Å²) in [6.07, 6.45) is 3.91. The van der Waals surface area contributed by atoms with Crippen LogP contribution in [-0.2, 0) is 9.59 Å². The van der Waals surface area contributed by atoms with Gasteiger partial charge in [-0.2, -0.15) is 11.8 Å². The topological polar surface area (TPSA) is 43.9 Å². The highest BCUT2D eigenvalue weighted by molar-refractivity contribution is 9.10. The van der Waals surface area contributed by atoms with E-state index in [2.05, 4.69) is 25.7 Å². The average Bonchev–Trinajstić information content (AvgIpc) is 3.26. The molecule has 3 heterocycles. The van der Waals surface area contributed by atoms with Gasteiger partial charge >= 0.3 is 0 Å². The van der Waals surface area contributed by atoms with Gasteiger partial charge in [-0.1, -0.05) is 22.0 Å². The van der Waals surface area contributed by atoms with Crippen molar-refractivity contribution in [3.63, 3.8) is 0 Å². The van der Waals surface area contributed by atoms with E-state index in [0.29, 0.717) is 13.0 Å². The SMILES string of the molecule is O=C1CC(C(=O)N2CCCSCC2CN2CCCC2)CN1c1cccc(Br)c1. The van der Waals surface area contributed by atoms with Gasteiger partial charge in [-0.25, -0.2) is 0 Å². The third kappa shape index (κ3) is 4.57. The average molecular weight is 466 g/mol. The Morgan fingerprint density at radius 3 is 2.79 bits per heavy atom. The van der Waals surface area contributed by atoms with Crippen LogP contribution in [0, 0.1) is 5.92 Å². The van der Waals surface area contributed by atoms with E-state index in [0.717, 1.165) is 54.3 Å². The van der Waals surface area contributed by atoms with E-state index in [4.69, 9.17) is 0 Å². The van der Waals surface area contributed by atoms with Crippen LogP contribution in [-0.4, -0.2) is 71.9 Å². The van der Waals surface area contributed by atoms with E-state index in [-0.39, 0.29) is 23.8 Å². The summed E-state index contributed by atoms with van der Waals surface area (Å²) in [6.45, 7) is 4.61. The van der Waals surface area contributed by atoms with Crippen molar-refractivity contribution in [2.24, 2.45) is 5.92 Å². The highest BCUT2D eigenvalue weighted by atomic mass is 79.9. The van der Waals surface area contributed by atoms with Gasteiger partial charge in [0.05, 0.1) is 12.0 Å². The van der Waals surface area contributed by atoms with Crippen molar-refractivity contribution in [2.75, 3.05) is 49.1 Å². The van der Waals surface area contributed by atoms with E-state index in [1.165, 1.54) is 12.8 Å². The predicted molar refractivity (Wildman–Crippen MR) is 118 cm³/mol. The predicted octanol–water partition coefficient (Wildman–Crippen LogP) is 3.23. The van der Waals surface area contributed by atoms with Crippen LogP contribution in [0.5, 0.6) is 0 Å². The zero-order valence-electron chi connectivity index (χ0n) is 16.2. The molecule has 3 aliphatic rings. The number of halogens is 1. The smallest absolute Gasteiger partial charge is 0.228 e. The Bertz CT molecular complexity index is 725. The number of benzene rings is 1. The van der Waals surface area contributed by atoms with Crippen LogP contribution < -0.4 is 4.90 Å². The van der Waals surface area contributed by atoms with Crippen molar-refractivity contribution in [2.45, 2.75) is 31.7 Å². The molecular formula is C21H28BrN3O2S. The van der Waals surface area contributed by atoms with Crippen LogP contribution in [0.1, 0.15) is 25.7 Å². The van der Waals surface area contributed by atoms with Crippen LogP contribution >= 0.6 is 27.7 Å². The Morgan fingerprint density at radius 2 is 2.00 bits per heavy atom. The van der Waals surface area contributed by atoms with Gasteiger partial charge in [-0.15, -0.1) is 0 Å². The summed E-state index contributed by atoms with van der Waals surface area (Å²) in [4.78, 5) is 32.5. The molecule has 3 fully saturated rings. The van der Waals surface area contributed by atoms with E-state index in [9.17, 15) is 9.59 Å². The minimum Gasteiger partial charge on any atom is -0.337 e. The molecule has 4 rings (SSSR count). The Balaban J connectivity index is 1.46. The Morgan fingerprint density at radius 1 is 1.18 bits per heavy atom. The van der Waals surface area contributed by atoms with E-state index >= 15 is 0 Å². The molecule has 0 bridgehead atoms. The number of carbonyl (C=O) groups excluding carboxylic acids is 2. The Kier molecular flexibility index (Phi) is 6.63. The first-order valence-corrected chi connectivity index (χ1v) is 12.2. The summed E-state index contributed by atoms with van der Waals surface area (Å²) >= 11 is 5.44. The van der Waals surface area contributed by atoms with Crippen molar-refractivity contribution in [1.29, 1.82) is 0 Å². The molecule has 0 spiro atoms. The largest absolute Gasteiger partial charge is 0.337 e. The van der Waals surface area contributed by atoms with E-state index in [1.54, 1.807) is 4.90 Å². The van der Waals surface area contributed by atoms with Crippen LogP contribution in [0.15, 0.2) is 28.7 Å². The highest BCUT2D eigenvalue weighted by Gasteiger charge is 2.39. The zero-order valence-corrected chi connectivity index (χ0v) is 18.6. The lowest BCUT2D eigenvalue weighted by Gasteiger charge is -2.34. The van der Waals surface area contributed by atoms with Gasteiger partial charge in [0.25, 0.3) is 0 Å². The molecule has 28 heavy (non-hydrogen) atoms. The molecule has 1 aromatic carbocycles. The summed E-state index contributed by atoms with van der Waals surface area (Å²) in [5.74, 6) is 2.14. The third-order valence-corrected chi connectivity index (χ3v) is 7.67. The van der Waals surface area contributed by atoms with E-state index in [1.807, 2.05) is 36.0 Å². The molecule has 7 heteroatoms. The molecule has 2 atom stereocenters. The lowest BCUT2D eigenvalue weighted by Crippen LogP contribution is -2.50. The van der Waals surface area contributed by atoms with Gasteiger partial charge in [0.2, 0.25) is 11.8 Å². The fourth-order valence-electron chi connectivity index (χ4n) is 4.53. The molecule has 3 saturated heterocycles. The molecule has 2 unspecified atom stereocenters. The second-order valence-corrected chi connectivity index (χ2v) is 10.1. The first-order chi connectivity index (χ1) is 13.6. The summed E-state index contributed by atoms with van der Waals surface area (Å²) < 4.78 is 0.947. The van der Waals surface area contributed by atoms with Gasteiger partial charge in [0, 0.05) is 42.0 Å². The third-order valence-electron chi connectivity index (χ3n) is 5.98. The molecular weight excluding hydrogens is 438 g/mol. The Labute approximate surface area is 179 Å². The molecule has 0 saturated carbocycles. The first-order valence-electron chi connectivity index (χ1n) is 10.3. The monoisotopic (exact) mass is 465 g/mol. The maximum atomic E-state index is 13.4. The van der Waals surface area contributed by atoms with Gasteiger partial charge < -0.3 is 14.7 Å². The molecule has 152 valence electrons. The van der Waals surface area contributed by atoms with E-state index < -0.39 is 0 Å². The molecule has 0 radical (unpaired) electrons. The molecule has 2 amide bonds. The summed E-state index contributed by atoms with van der Waals surface area (Å²) in [5, 5.41) is 0. The Hall–Kier alpha value is -1.05. The molecule has 5 nitrogen and oxygen atoms in total. The molecule has 3 aliphatic heterocycles. The number of rotatable bonds is 4. The molecule has 1 aromatic rings. The number of thioether (sulfide) groups is 1. The number of hydrogen-bond acceptors (Lipinski definition) is 4. The molecule has 0 aromatic heterocycles. The number of nitrogens with zero attached hydrogens (tertiary/aromatic N) is 3. The van der Waals surface area contributed by atoms with Crippen LogP contribution in [0.3, 0.4) is 0 Å². The number of carbonyl (C=O) groups is 2. The number of hydrogen-bond donors (Lipinski definition) is 0. The van der Waals surface area contributed by atoms with Gasteiger partial charge in [0.15, 0.2) is 0 Å². The van der Waals surface area contributed by atoms with Crippen molar-refractivity contribution >= 4 is 45.2 Å². The molecule has 0 N–H and O–H groups in total. The summed E-state index contributed by atoms with van der Waals surface area (Å²) in [5.41, 5.74) is 0.870. The number of likely N-dealkylation sites (tertiary alicyclic amines) is 1.